The van der Waals surface area contributed by atoms with Gasteiger partial charge in [-0.15, -0.1) is 0 Å². The maximum Gasteiger partial charge on any atom is 0.414 e. The van der Waals surface area contributed by atoms with Crippen molar-refractivity contribution in [3.05, 3.63) is 58.6 Å². The number of halogens is 1. The van der Waals surface area contributed by atoms with E-state index in [9.17, 15) is 9.59 Å². The second-order valence-corrected chi connectivity index (χ2v) is 6.30. The van der Waals surface area contributed by atoms with Gasteiger partial charge >= 0.3 is 6.09 Å². The fraction of sp³-hybridized carbons (Fsp3) is 0.158. The van der Waals surface area contributed by atoms with Crippen LogP contribution in [0.25, 0.3) is 6.08 Å². The van der Waals surface area contributed by atoms with Gasteiger partial charge in [0.05, 0.1) is 12.8 Å². The summed E-state index contributed by atoms with van der Waals surface area (Å²) in [4.78, 5) is 25.2. The number of carbonyl (C=O) groups excluding carboxylic acids is 2. The van der Waals surface area contributed by atoms with Gasteiger partial charge in [0.25, 0.3) is 0 Å². The molecule has 2 aromatic carbocycles. The third kappa shape index (κ3) is 5.10. The van der Waals surface area contributed by atoms with Crippen molar-refractivity contribution in [2.75, 3.05) is 26.5 Å². The molecule has 2 aromatic rings. The summed E-state index contributed by atoms with van der Waals surface area (Å²) in [6, 6.07) is 12.4. The maximum atomic E-state index is 12.1. The zero-order chi connectivity index (χ0) is 19.1. The van der Waals surface area contributed by atoms with Crippen LogP contribution < -0.4 is 14.8 Å². The van der Waals surface area contributed by atoms with Crippen LogP contribution in [-0.4, -0.2) is 38.1 Å². The summed E-state index contributed by atoms with van der Waals surface area (Å²) in [5.41, 5.74) is 1.28. The zero-order valence-corrected chi connectivity index (χ0v) is 16.2. The molecule has 0 aliphatic carbocycles. The molecule has 0 fully saturated rings. The lowest BCUT2D eigenvalue weighted by atomic mass is 10.1. The Morgan fingerprint density at radius 1 is 1.12 bits per heavy atom. The number of nitrogens with one attached hydrogen (secondary N) is 1. The molecule has 1 N–H and O–H groups in total. The Balaban J connectivity index is 2.18. The van der Waals surface area contributed by atoms with Crippen LogP contribution in [0.1, 0.15) is 5.56 Å². The van der Waals surface area contributed by atoms with Gasteiger partial charge in [-0.25, -0.2) is 4.79 Å². The number of nitrogens with zero attached hydrogens (tertiary/aromatic N) is 1. The molecule has 136 valence electrons. The summed E-state index contributed by atoms with van der Waals surface area (Å²) in [5.74, 6) is 0.349. The van der Waals surface area contributed by atoms with Gasteiger partial charge in [-0.2, -0.15) is 0 Å². The predicted octanol–water partition coefficient (Wildman–Crippen LogP) is 4.17. The molecule has 0 atom stereocenters. The van der Waals surface area contributed by atoms with E-state index in [1.807, 2.05) is 18.2 Å². The molecule has 26 heavy (non-hydrogen) atoms. The van der Waals surface area contributed by atoms with Crippen LogP contribution in [0.2, 0.25) is 0 Å². The van der Waals surface area contributed by atoms with Crippen molar-refractivity contribution in [1.82, 2.24) is 4.90 Å². The quantitative estimate of drug-likeness (QED) is 0.739. The topological polar surface area (TPSA) is 67.9 Å². The molecule has 0 aliphatic rings. The number of rotatable bonds is 5. The average Bonchev–Trinajstić information content (AvgIpc) is 2.62. The van der Waals surface area contributed by atoms with Crippen molar-refractivity contribution in [2.45, 2.75) is 0 Å². The Hall–Kier alpha value is -2.80. The Bertz CT molecular complexity index is 834. The first kappa shape index (κ1) is 19.5. The van der Waals surface area contributed by atoms with E-state index in [1.54, 1.807) is 44.4 Å². The highest BCUT2D eigenvalue weighted by molar-refractivity contribution is 9.10. The molecule has 2 rings (SSSR count). The first-order valence-electron chi connectivity index (χ1n) is 7.72. The molecular formula is C19H19BrN2O4. The molecule has 0 heterocycles. The van der Waals surface area contributed by atoms with E-state index in [0.29, 0.717) is 17.0 Å². The minimum atomic E-state index is -0.517. The summed E-state index contributed by atoms with van der Waals surface area (Å²) in [5, 5.41) is 2.77. The smallest absolute Gasteiger partial charge is 0.414 e. The Labute approximate surface area is 160 Å². The van der Waals surface area contributed by atoms with Crippen LogP contribution in [0.5, 0.6) is 11.5 Å². The summed E-state index contributed by atoms with van der Waals surface area (Å²) in [6.45, 7) is 0. The van der Waals surface area contributed by atoms with Crippen LogP contribution in [0, 0.1) is 0 Å². The lowest BCUT2D eigenvalue weighted by Crippen LogP contribution is -2.25. The molecule has 0 bridgehead atoms. The second-order valence-electron chi connectivity index (χ2n) is 5.44. The number of para-hydroxylation sites is 2. The van der Waals surface area contributed by atoms with E-state index in [1.165, 1.54) is 18.1 Å². The average molecular weight is 419 g/mol. The number of anilines is 1. The van der Waals surface area contributed by atoms with E-state index in [4.69, 9.17) is 9.47 Å². The van der Waals surface area contributed by atoms with Crippen LogP contribution >= 0.6 is 15.9 Å². The van der Waals surface area contributed by atoms with Crippen molar-refractivity contribution in [3.63, 3.8) is 0 Å². The van der Waals surface area contributed by atoms with Gasteiger partial charge in [0, 0.05) is 30.2 Å². The number of hydrogen-bond acceptors (Lipinski definition) is 4. The van der Waals surface area contributed by atoms with Gasteiger partial charge in [-0.1, -0.05) is 24.3 Å². The zero-order valence-electron chi connectivity index (χ0n) is 14.7. The number of amides is 2. The summed E-state index contributed by atoms with van der Waals surface area (Å²) in [6.07, 6.45) is 2.46. The van der Waals surface area contributed by atoms with E-state index < -0.39 is 6.09 Å². The highest BCUT2D eigenvalue weighted by Gasteiger charge is 2.14. The van der Waals surface area contributed by atoms with E-state index in [0.717, 1.165) is 4.47 Å². The van der Waals surface area contributed by atoms with Crippen molar-refractivity contribution in [2.24, 2.45) is 0 Å². The fourth-order valence-electron chi connectivity index (χ4n) is 2.05. The SMILES string of the molecule is COc1c(C=CC(=O)Nc2ccccc2Br)cccc1OC(=O)N(C)C. The van der Waals surface area contributed by atoms with Gasteiger partial charge < -0.3 is 19.7 Å². The molecule has 0 radical (unpaired) electrons. The van der Waals surface area contributed by atoms with Gasteiger partial charge in [-0.05, 0) is 40.2 Å². The standard InChI is InChI=1S/C19H19BrN2O4/c1-22(2)19(24)26-16-10-6-7-13(18(16)25-3)11-12-17(23)21-15-9-5-4-8-14(15)20/h4-12H,1-3H3,(H,21,23). The number of hydrogen-bond donors (Lipinski definition) is 1. The van der Waals surface area contributed by atoms with Crippen LogP contribution in [-0.2, 0) is 4.79 Å². The second kappa shape index (κ2) is 9.05. The minimum absolute atomic E-state index is 0.277. The van der Waals surface area contributed by atoms with Crippen LogP contribution in [0.15, 0.2) is 53.0 Å². The minimum Gasteiger partial charge on any atom is -0.492 e. The predicted molar refractivity (Wildman–Crippen MR) is 105 cm³/mol. The van der Waals surface area contributed by atoms with Gasteiger partial charge in [0.2, 0.25) is 5.91 Å². The van der Waals surface area contributed by atoms with Crippen LogP contribution in [0.3, 0.4) is 0 Å². The fourth-order valence-corrected chi connectivity index (χ4v) is 2.43. The Kier molecular flexibility index (Phi) is 6.80. The van der Waals surface area contributed by atoms with Crippen LogP contribution in [0.4, 0.5) is 10.5 Å². The Morgan fingerprint density at radius 3 is 2.50 bits per heavy atom. The molecule has 6 nitrogen and oxygen atoms in total. The monoisotopic (exact) mass is 418 g/mol. The van der Waals surface area contributed by atoms with Crippen molar-refractivity contribution < 1.29 is 19.1 Å². The van der Waals surface area contributed by atoms with Gasteiger partial charge in [0.1, 0.15) is 0 Å². The van der Waals surface area contributed by atoms with Crippen molar-refractivity contribution >= 4 is 39.7 Å². The molecule has 0 saturated carbocycles. The number of methoxy groups -OCH3 is 1. The third-order valence-electron chi connectivity index (χ3n) is 3.32. The maximum absolute atomic E-state index is 12.1. The summed E-state index contributed by atoms with van der Waals surface area (Å²) < 4.78 is 11.4. The number of carbonyl (C=O) groups is 2. The van der Waals surface area contributed by atoms with Crippen molar-refractivity contribution in [3.8, 4) is 11.5 Å². The number of benzene rings is 2. The van der Waals surface area contributed by atoms with Gasteiger partial charge in [0.15, 0.2) is 11.5 Å². The molecular weight excluding hydrogens is 400 g/mol. The molecule has 0 aromatic heterocycles. The lowest BCUT2D eigenvalue weighted by molar-refractivity contribution is -0.111. The first-order valence-corrected chi connectivity index (χ1v) is 8.51. The normalized spacial score (nSPS) is 10.5. The molecule has 0 unspecified atom stereocenters. The summed E-state index contributed by atoms with van der Waals surface area (Å²) in [7, 11) is 4.65. The van der Waals surface area contributed by atoms with Gasteiger partial charge in [-0.3, -0.25) is 4.79 Å². The number of ether oxygens (including phenoxy) is 2. The molecule has 0 aliphatic heterocycles. The molecule has 2 amide bonds. The largest absolute Gasteiger partial charge is 0.492 e. The third-order valence-corrected chi connectivity index (χ3v) is 4.01. The van der Waals surface area contributed by atoms with E-state index in [-0.39, 0.29) is 11.7 Å². The van der Waals surface area contributed by atoms with Crippen molar-refractivity contribution in [1.29, 1.82) is 0 Å². The molecule has 0 saturated heterocycles. The highest BCUT2D eigenvalue weighted by atomic mass is 79.9. The molecule has 7 heteroatoms. The first-order chi connectivity index (χ1) is 12.4. The Morgan fingerprint density at radius 2 is 1.85 bits per heavy atom. The van der Waals surface area contributed by atoms with E-state index in [2.05, 4.69) is 21.2 Å². The highest BCUT2D eigenvalue weighted by Crippen LogP contribution is 2.32. The van der Waals surface area contributed by atoms with E-state index >= 15 is 0 Å². The summed E-state index contributed by atoms with van der Waals surface area (Å²) >= 11 is 3.38. The molecule has 0 spiro atoms. The lowest BCUT2D eigenvalue weighted by Gasteiger charge is -2.14.